The first kappa shape index (κ1) is 106. The van der Waals surface area contributed by atoms with Crippen molar-refractivity contribution in [1.29, 1.82) is 0 Å². The van der Waals surface area contributed by atoms with Gasteiger partial charge in [0.1, 0.15) is 78.5 Å². The van der Waals surface area contributed by atoms with Crippen molar-refractivity contribution in [3.8, 4) is 0 Å². The fourth-order valence-corrected chi connectivity index (χ4v) is 13.7. The summed E-state index contributed by atoms with van der Waals surface area (Å²) in [6.45, 7) is 19.6. The average molecular weight is 1720 g/mol. The normalized spacial score (nSPS) is 15.5. The van der Waals surface area contributed by atoms with Gasteiger partial charge >= 0.3 is 0 Å². The van der Waals surface area contributed by atoms with Gasteiger partial charge in [0, 0.05) is 6.42 Å². The molecule has 0 radical (unpaired) electrons. The van der Waals surface area contributed by atoms with E-state index in [1.54, 1.807) is 52.3 Å². The minimum atomic E-state index is -1.75. The molecule has 0 saturated carbocycles. The molecule has 0 aliphatic carbocycles. The SMILES string of the molecule is CSCC[C@H](NC(=O)[C@@H](NC(=O)CNC(=O)[C@H](CC(C)C)NC(=O)[C@H](CCCCN)NC(=O)[C@H](CCCCN)NC(=O)[C@H](CC(C)C)NC(=O)[C@H](CCSC)NC(=O)[C@@H](NC(=O)[C@H](CCCCN)NC(=O)[C@H](Cc1cccc2ccccc12)NC(=O)[C@H](CC(C)C)NC(=O)[C@H](C)N)[C@@H](C)O)[C@@H](C)O)C(=O)N[C@@H](C)C(=O)N[C@@H](CC(C)C)C(N)=O. The number of aliphatic hydroxyl groups excluding tert-OH is 2. The Hall–Kier alpha value is -8.79. The van der Waals surface area contributed by atoms with E-state index >= 15 is 0 Å². The molecule has 0 fully saturated rings. The molecule has 0 unspecified atom stereocenters. The molecule has 26 N–H and O–H groups in total. The lowest BCUT2D eigenvalue weighted by atomic mass is 9.97. The number of hydrogen-bond acceptors (Lipinski definition) is 23. The van der Waals surface area contributed by atoms with Crippen LogP contribution in [0.3, 0.4) is 0 Å². The number of aliphatic hydroxyl groups is 2. The molecule has 672 valence electrons. The van der Waals surface area contributed by atoms with Crippen molar-refractivity contribution in [3.05, 3.63) is 48.0 Å². The molecule has 0 spiro atoms. The summed E-state index contributed by atoms with van der Waals surface area (Å²) in [4.78, 5) is 210. The topological polar surface area (TPSA) is 595 Å². The number of amides is 15. The van der Waals surface area contributed by atoms with Crippen molar-refractivity contribution in [3.63, 3.8) is 0 Å². The van der Waals surface area contributed by atoms with Crippen molar-refractivity contribution in [2.75, 3.05) is 50.2 Å². The number of carbonyl (C=O) groups is 15. The third-order valence-electron chi connectivity index (χ3n) is 19.3. The average Bonchev–Trinajstić information content (AvgIpc) is 0.804. The first-order valence-corrected chi connectivity index (χ1v) is 44.1. The first-order chi connectivity index (χ1) is 56.1. The lowest BCUT2D eigenvalue weighted by molar-refractivity contribution is -0.137. The van der Waals surface area contributed by atoms with Crippen LogP contribution in [0, 0.1) is 23.7 Å². The number of unbranched alkanes of at least 4 members (excludes halogenated alkanes) is 3. The zero-order valence-electron chi connectivity index (χ0n) is 71.9. The smallest absolute Gasteiger partial charge is 0.245 e. The van der Waals surface area contributed by atoms with Crippen molar-refractivity contribution < 1.29 is 82.1 Å². The molecule has 2 rings (SSSR count). The Morgan fingerprint density at radius 2 is 0.681 bits per heavy atom. The molecule has 0 aromatic heterocycles. The molecule has 16 atom stereocenters. The second-order valence-corrected chi connectivity index (χ2v) is 34.0. The van der Waals surface area contributed by atoms with E-state index in [2.05, 4.69) is 74.4 Å². The van der Waals surface area contributed by atoms with Crippen LogP contribution >= 0.6 is 23.5 Å². The van der Waals surface area contributed by atoms with Crippen LogP contribution in [0.5, 0.6) is 0 Å². The van der Waals surface area contributed by atoms with Crippen LogP contribution in [0.2, 0.25) is 0 Å². The lowest BCUT2D eigenvalue weighted by Crippen LogP contribution is -2.62. The van der Waals surface area contributed by atoms with Crippen LogP contribution in [0.4, 0.5) is 0 Å². The molecule has 119 heavy (non-hydrogen) atoms. The van der Waals surface area contributed by atoms with Crippen molar-refractivity contribution in [2.24, 2.45) is 52.3 Å². The summed E-state index contributed by atoms with van der Waals surface area (Å²) in [5, 5.41) is 60.5. The summed E-state index contributed by atoms with van der Waals surface area (Å²) in [7, 11) is 0. The molecule has 0 saturated heterocycles. The summed E-state index contributed by atoms with van der Waals surface area (Å²) < 4.78 is 0. The largest absolute Gasteiger partial charge is 0.391 e. The molecule has 36 nitrogen and oxygen atoms in total. The summed E-state index contributed by atoms with van der Waals surface area (Å²) >= 11 is 2.68. The standard InChI is InChI=1S/C81H139N19O17S2/c1-44(2)38-60(68(86)104)94-70(106)49(10)88-72(108)58(31-36-118-13)92-80(116)66(50(11)101)99-65(103)43-87-71(107)61(39-45(3)4)96-74(110)56(29-18-21-34-83)89-73(109)55(28-17-20-33-82)90-77(113)63(41-47(7)8)97-75(111)59(32-37-119-14)93-81(117)67(51(12)102)100-76(112)57(30-19-22-35-84)91-79(115)64(42-53-26-23-25-52-24-15-16-27-54(52)53)98-78(114)62(40-46(5)6)95-69(105)48(9)85/h15-16,23-27,44-51,55-64,66-67,101-102H,17-22,28-43,82-85H2,1-14H3,(H2,86,104)(H,87,107)(H,88,108)(H,89,109)(H,90,113)(H,91,115)(H,92,116)(H,93,117)(H,94,106)(H,95,105)(H,96,110)(H,97,111)(H,98,114)(H,99,103)(H,100,112)/t48-,49-,50+,51+,55-,56-,57-,58-,59-,60-,61-,62-,63-,64-,66-,67-/m0/s1. The third-order valence-corrected chi connectivity index (χ3v) is 20.6. The van der Waals surface area contributed by atoms with Gasteiger partial charge in [-0.3, -0.25) is 71.9 Å². The Labute approximate surface area is 709 Å². The van der Waals surface area contributed by atoms with E-state index in [4.69, 9.17) is 28.7 Å². The third kappa shape index (κ3) is 40.4. The molecule has 0 aliphatic heterocycles. The Morgan fingerprint density at radius 3 is 1.08 bits per heavy atom. The number of benzene rings is 2. The minimum Gasteiger partial charge on any atom is -0.391 e. The van der Waals surface area contributed by atoms with Crippen LogP contribution < -0.4 is 103 Å². The summed E-state index contributed by atoms with van der Waals surface area (Å²) in [5.41, 5.74) is 29.7. The van der Waals surface area contributed by atoms with Crippen LogP contribution in [0.1, 0.15) is 185 Å². The molecular formula is C81H139N19O17S2. The van der Waals surface area contributed by atoms with Gasteiger partial charge in [-0.1, -0.05) is 97.9 Å². The highest BCUT2D eigenvalue weighted by Gasteiger charge is 2.39. The van der Waals surface area contributed by atoms with Crippen molar-refractivity contribution in [2.45, 2.75) is 283 Å². The van der Waals surface area contributed by atoms with Crippen LogP contribution in [0.15, 0.2) is 42.5 Å². The van der Waals surface area contributed by atoms with Gasteiger partial charge in [-0.05, 0) is 208 Å². The lowest BCUT2D eigenvalue weighted by Gasteiger charge is -2.29. The van der Waals surface area contributed by atoms with Gasteiger partial charge in [0.05, 0.1) is 24.8 Å². The number of thioether (sulfide) groups is 2. The monoisotopic (exact) mass is 1710 g/mol. The molecule has 38 heteroatoms. The van der Waals surface area contributed by atoms with E-state index in [9.17, 15) is 82.1 Å². The van der Waals surface area contributed by atoms with E-state index in [1.807, 2.05) is 58.0 Å². The van der Waals surface area contributed by atoms with Crippen LogP contribution in [-0.4, -0.2) is 246 Å². The number of rotatable bonds is 59. The van der Waals surface area contributed by atoms with Crippen LogP contribution in [-0.2, 0) is 78.3 Å². The van der Waals surface area contributed by atoms with E-state index in [0.717, 1.165) is 10.8 Å². The molecule has 0 aliphatic rings. The quantitative estimate of drug-likeness (QED) is 0.0335. The van der Waals surface area contributed by atoms with E-state index in [-0.39, 0.29) is 113 Å². The second kappa shape index (κ2) is 56.7. The van der Waals surface area contributed by atoms with Crippen molar-refractivity contribution >= 4 is 123 Å². The Morgan fingerprint density at radius 1 is 0.353 bits per heavy atom. The molecule has 0 heterocycles. The molecule has 2 aromatic rings. The van der Waals surface area contributed by atoms with E-state index < -0.39 is 192 Å². The second-order valence-electron chi connectivity index (χ2n) is 32.0. The molecule has 15 amide bonds. The summed E-state index contributed by atoms with van der Waals surface area (Å²) in [5.74, 6) is -12.3. The fourth-order valence-electron chi connectivity index (χ4n) is 12.7. The Kier molecular flexibility index (Phi) is 50.6. The highest BCUT2D eigenvalue weighted by molar-refractivity contribution is 7.98. The number of nitrogens with one attached hydrogen (secondary N) is 14. The predicted molar refractivity (Wildman–Crippen MR) is 460 cm³/mol. The van der Waals surface area contributed by atoms with Gasteiger partial charge < -0.3 is 113 Å². The number of nitrogens with two attached hydrogens (primary N) is 5. The van der Waals surface area contributed by atoms with Gasteiger partial charge in [0.25, 0.3) is 0 Å². The minimum absolute atomic E-state index is 0.00199. The number of carbonyl (C=O) groups excluding carboxylic acids is 15. The fraction of sp³-hybridized carbons (Fsp3) is 0.691. The highest BCUT2D eigenvalue weighted by Crippen LogP contribution is 2.22. The maximum atomic E-state index is 14.8. The molecule has 0 bridgehead atoms. The van der Waals surface area contributed by atoms with Gasteiger partial charge in [-0.15, -0.1) is 0 Å². The van der Waals surface area contributed by atoms with Crippen LogP contribution in [0.25, 0.3) is 10.8 Å². The number of hydrogen-bond donors (Lipinski definition) is 21. The van der Waals surface area contributed by atoms with Gasteiger partial charge in [-0.2, -0.15) is 23.5 Å². The van der Waals surface area contributed by atoms with E-state index in [0.29, 0.717) is 49.8 Å². The van der Waals surface area contributed by atoms with Crippen molar-refractivity contribution in [1.82, 2.24) is 74.4 Å². The van der Waals surface area contributed by atoms with Gasteiger partial charge in [-0.25, -0.2) is 0 Å². The Bertz CT molecular complexity index is 3590. The van der Waals surface area contributed by atoms with E-state index in [1.165, 1.54) is 51.2 Å². The molecule has 2 aromatic carbocycles. The molecular weight excluding hydrogens is 1580 g/mol. The zero-order valence-corrected chi connectivity index (χ0v) is 73.5. The highest BCUT2D eigenvalue weighted by atomic mass is 32.2. The van der Waals surface area contributed by atoms with Gasteiger partial charge in [0.2, 0.25) is 88.6 Å². The summed E-state index contributed by atoms with van der Waals surface area (Å²) in [6.07, 6.45) is 2.86. The summed E-state index contributed by atoms with van der Waals surface area (Å²) in [6, 6.07) is -5.55. The van der Waals surface area contributed by atoms with Gasteiger partial charge in [0.15, 0.2) is 0 Å². The number of primary amides is 1. The zero-order chi connectivity index (χ0) is 89.8. The predicted octanol–water partition coefficient (Wildman–Crippen LogP) is -1.51. The number of fused-ring (bicyclic) bond motifs is 1. The first-order valence-electron chi connectivity index (χ1n) is 41.3. The maximum Gasteiger partial charge on any atom is 0.245 e. The maximum absolute atomic E-state index is 14.8. The Balaban J connectivity index is 2.47.